The number of fused-ring (bicyclic) bond motifs is 1. The van der Waals surface area contributed by atoms with Gasteiger partial charge >= 0.3 is 5.97 Å². The fourth-order valence-electron chi connectivity index (χ4n) is 6.29. The molecule has 224 valence electrons. The molecule has 0 radical (unpaired) electrons. The predicted molar refractivity (Wildman–Crippen MR) is 153 cm³/mol. The van der Waals surface area contributed by atoms with E-state index < -0.39 is 53.2 Å². The number of likely N-dealkylation sites (tertiary alicyclic amines) is 1. The zero-order valence-electron chi connectivity index (χ0n) is 24.2. The van der Waals surface area contributed by atoms with Crippen LogP contribution in [0.4, 0.5) is 0 Å². The molecule has 10 nitrogen and oxygen atoms in total. The van der Waals surface area contributed by atoms with Gasteiger partial charge in [0.25, 0.3) is 0 Å². The molecular formula is C29H44BrN3O7. The molecule has 3 fully saturated rings. The van der Waals surface area contributed by atoms with Gasteiger partial charge in [-0.15, -0.1) is 13.2 Å². The van der Waals surface area contributed by atoms with Gasteiger partial charge in [-0.1, -0.05) is 35.0 Å². The SMILES string of the molecule is C=CCCC(=O)NC[C@@H](C)OC(=O)[C@H]1[C@@H]2O[C@@]3(CC2Br)[C@@H]1C(=O)N([C@@H](CC)CO)[C@@H]3C(=O)N(CC=C)C(C)(C)C. The first-order chi connectivity index (χ1) is 18.8. The molecule has 3 saturated heterocycles. The van der Waals surface area contributed by atoms with Crippen molar-refractivity contribution in [2.24, 2.45) is 11.8 Å². The van der Waals surface area contributed by atoms with Crippen molar-refractivity contribution in [2.45, 2.75) is 101 Å². The fourth-order valence-corrected chi connectivity index (χ4v) is 7.23. The number of amides is 3. The number of halogens is 1. The Morgan fingerprint density at radius 3 is 2.55 bits per heavy atom. The van der Waals surface area contributed by atoms with Gasteiger partial charge in [-0.05, 0) is 47.0 Å². The van der Waals surface area contributed by atoms with Gasteiger partial charge in [0.1, 0.15) is 17.7 Å². The normalized spacial score (nSPS) is 30.4. The summed E-state index contributed by atoms with van der Waals surface area (Å²) in [6.45, 7) is 16.7. The van der Waals surface area contributed by atoms with E-state index in [0.717, 1.165) is 0 Å². The van der Waals surface area contributed by atoms with E-state index in [1.807, 2.05) is 27.7 Å². The van der Waals surface area contributed by atoms with Crippen molar-refractivity contribution in [1.29, 1.82) is 0 Å². The molecule has 3 aliphatic heterocycles. The number of esters is 1. The Kier molecular flexibility index (Phi) is 10.3. The molecule has 2 bridgehead atoms. The Morgan fingerprint density at radius 1 is 1.32 bits per heavy atom. The van der Waals surface area contributed by atoms with Crippen molar-refractivity contribution in [3.05, 3.63) is 25.3 Å². The van der Waals surface area contributed by atoms with E-state index in [9.17, 15) is 24.3 Å². The minimum absolute atomic E-state index is 0.124. The fraction of sp³-hybridized carbons (Fsp3) is 0.724. The molecule has 3 amide bonds. The molecule has 0 aromatic rings. The monoisotopic (exact) mass is 625 g/mol. The second-order valence-electron chi connectivity index (χ2n) is 11.9. The maximum atomic E-state index is 14.3. The molecule has 1 unspecified atom stereocenters. The molecule has 0 aromatic carbocycles. The summed E-state index contributed by atoms with van der Waals surface area (Å²) in [6, 6.07) is -1.64. The standard InChI is InChI=1S/C29H44BrN3O7/c1-8-11-12-20(35)31-15-17(4)39-27(38)21-22-25(36)33(18(10-3)16-34)24(29(22)14-19(30)23(21)40-29)26(37)32(13-9-2)28(5,6)7/h8-9,17-19,21-24,34H,1-2,10-16H2,3-7H3,(H,31,35)/t17-,18+,19?,21-,22+,23-,24-,29+/m1/s1. The Labute approximate surface area is 245 Å². The van der Waals surface area contributed by atoms with E-state index in [4.69, 9.17) is 9.47 Å². The molecule has 40 heavy (non-hydrogen) atoms. The molecule has 0 saturated carbocycles. The first-order valence-corrected chi connectivity index (χ1v) is 15.0. The van der Waals surface area contributed by atoms with Crippen LogP contribution in [0.15, 0.2) is 25.3 Å². The average molecular weight is 627 g/mol. The van der Waals surface area contributed by atoms with Gasteiger partial charge < -0.3 is 29.7 Å². The summed E-state index contributed by atoms with van der Waals surface area (Å²) in [5.41, 5.74) is -1.84. The number of allylic oxidation sites excluding steroid dienone is 1. The molecule has 3 aliphatic rings. The highest BCUT2D eigenvalue weighted by molar-refractivity contribution is 9.09. The molecule has 0 aromatic heterocycles. The van der Waals surface area contributed by atoms with Crippen LogP contribution in [0.5, 0.6) is 0 Å². The zero-order valence-corrected chi connectivity index (χ0v) is 25.8. The van der Waals surface area contributed by atoms with Crippen LogP contribution in [-0.4, -0.2) is 98.6 Å². The number of hydrogen-bond acceptors (Lipinski definition) is 7. The summed E-state index contributed by atoms with van der Waals surface area (Å²) in [7, 11) is 0. The van der Waals surface area contributed by atoms with E-state index in [-0.39, 0.29) is 42.2 Å². The van der Waals surface area contributed by atoms with Crippen LogP contribution in [0.3, 0.4) is 0 Å². The maximum Gasteiger partial charge on any atom is 0.312 e. The number of carbonyl (C=O) groups excluding carboxylic acids is 4. The van der Waals surface area contributed by atoms with Gasteiger partial charge in [0.05, 0.1) is 37.1 Å². The lowest BCUT2D eigenvalue weighted by atomic mass is 9.70. The van der Waals surface area contributed by atoms with Crippen molar-refractivity contribution >= 4 is 39.6 Å². The molecule has 1 spiro atoms. The summed E-state index contributed by atoms with van der Waals surface area (Å²) in [4.78, 5) is 56.9. The molecular weight excluding hydrogens is 582 g/mol. The van der Waals surface area contributed by atoms with Crippen LogP contribution in [0.1, 0.15) is 60.3 Å². The van der Waals surface area contributed by atoms with Crippen LogP contribution in [-0.2, 0) is 28.7 Å². The van der Waals surface area contributed by atoms with Gasteiger partial charge in [0, 0.05) is 23.3 Å². The lowest BCUT2D eigenvalue weighted by Gasteiger charge is -2.43. The summed E-state index contributed by atoms with van der Waals surface area (Å²) in [5, 5.41) is 13.0. The number of rotatable bonds is 13. The van der Waals surface area contributed by atoms with E-state index in [2.05, 4.69) is 34.4 Å². The quantitative estimate of drug-likeness (QED) is 0.183. The summed E-state index contributed by atoms with van der Waals surface area (Å²) < 4.78 is 12.2. The third-order valence-corrected chi connectivity index (χ3v) is 9.02. The molecule has 0 aliphatic carbocycles. The zero-order chi connectivity index (χ0) is 30.0. The number of ether oxygens (including phenoxy) is 2. The topological polar surface area (TPSA) is 125 Å². The Morgan fingerprint density at radius 2 is 2.00 bits per heavy atom. The summed E-state index contributed by atoms with van der Waals surface area (Å²) in [5.74, 6) is -3.35. The lowest BCUT2D eigenvalue weighted by molar-refractivity contribution is -0.160. The lowest BCUT2D eigenvalue weighted by Crippen LogP contribution is -2.61. The first-order valence-electron chi connectivity index (χ1n) is 14.0. The number of hydrogen-bond donors (Lipinski definition) is 2. The maximum absolute atomic E-state index is 14.3. The van der Waals surface area contributed by atoms with Gasteiger partial charge in [0.15, 0.2) is 0 Å². The number of aliphatic hydroxyl groups excluding tert-OH is 1. The highest BCUT2D eigenvalue weighted by Gasteiger charge is 2.77. The second kappa shape index (κ2) is 12.7. The second-order valence-corrected chi connectivity index (χ2v) is 13.1. The van der Waals surface area contributed by atoms with Crippen molar-refractivity contribution in [2.75, 3.05) is 19.7 Å². The van der Waals surface area contributed by atoms with E-state index in [1.165, 1.54) is 4.90 Å². The van der Waals surface area contributed by atoms with Crippen LogP contribution < -0.4 is 5.32 Å². The smallest absolute Gasteiger partial charge is 0.312 e. The van der Waals surface area contributed by atoms with Crippen molar-refractivity contribution in [3.63, 3.8) is 0 Å². The average Bonchev–Trinajstić information content (AvgIpc) is 3.48. The third kappa shape index (κ3) is 5.87. The Hall–Kier alpha value is -2.24. The largest absolute Gasteiger partial charge is 0.460 e. The van der Waals surface area contributed by atoms with Gasteiger partial charge in [0.2, 0.25) is 17.7 Å². The molecule has 2 N–H and O–H groups in total. The molecule has 8 atom stereocenters. The Balaban J connectivity index is 1.95. The van der Waals surface area contributed by atoms with E-state index >= 15 is 0 Å². The highest BCUT2D eigenvalue weighted by Crippen LogP contribution is 2.61. The minimum atomic E-state index is -1.26. The van der Waals surface area contributed by atoms with Crippen LogP contribution in [0, 0.1) is 11.8 Å². The van der Waals surface area contributed by atoms with Crippen molar-refractivity contribution < 1.29 is 33.8 Å². The molecule has 11 heteroatoms. The van der Waals surface area contributed by atoms with Crippen LogP contribution in [0.25, 0.3) is 0 Å². The van der Waals surface area contributed by atoms with Gasteiger partial charge in [-0.25, -0.2) is 0 Å². The Bertz CT molecular complexity index is 1010. The molecule has 3 heterocycles. The predicted octanol–water partition coefficient (Wildman–Crippen LogP) is 2.33. The molecule has 3 rings (SSSR count). The minimum Gasteiger partial charge on any atom is -0.460 e. The summed E-state index contributed by atoms with van der Waals surface area (Å²) in [6.07, 6.45) is 3.60. The summed E-state index contributed by atoms with van der Waals surface area (Å²) >= 11 is 3.65. The first kappa shape index (κ1) is 32.3. The van der Waals surface area contributed by atoms with E-state index in [0.29, 0.717) is 25.7 Å². The van der Waals surface area contributed by atoms with Crippen LogP contribution in [0.2, 0.25) is 0 Å². The van der Waals surface area contributed by atoms with Crippen molar-refractivity contribution in [3.8, 4) is 0 Å². The van der Waals surface area contributed by atoms with Crippen molar-refractivity contribution in [1.82, 2.24) is 15.1 Å². The van der Waals surface area contributed by atoms with Gasteiger partial charge in [-0.2, -0.15) is 0 Å². The number of aliphatic hydroxyl groups is 1. The number of nitrogens with zero attached hydrogens (tertiary/aromatic N) is 2. The number of carbonyl (C=O) groups is 4. The highest BCUT2D eigenvalue weighted by atomic mass is 79.9. The van der Waals surface area contributed by atoms with E-state index in [1.54, 1.807) is 24.0 Å². The van der Waals surface area contributed by atoms with Gasteiger partial charge in [-0.3, -0.25) is 19.2 Å². The number of alkyl halides is 1. The van der Waals surface area contributed by atoms with Crippen LogP contribution >= 0.6 is 15.9 Å². The number of nitrogens with one attached hydrogen (secondary N) is 1. The third-order valence-electron chi connectivity index (χ3n) is 8.18.